The Kier molecular flexibility index (Phi) is 6.12. The fourth-order valence-corrected chi connectivity index (χ4v) is 5.30. The van der Waals surface area contributed by atoms with Crippen molar-refractivity contribution in [3.8, 4) is 16.9 Å². The van der Waals surface area contributed by atoms with E-state index in [2.05, 4.69) is 71.5 Å². The van der Waals surface area contributed by atoms with E-state index in [9.17, 15) is 4.79 Å². The summed E-state index contributed by atoms with van der Waals surface area (Å²) >= 11 is 0. The van der Waals surface area contributed by atoms with Gasteiger partial charge in [-0.2, -0.15) is 0 Å². The maximum atomic E-state index is 11.7. The number of fused-ring (bicyclic) bond motifs is 1. The number of primary amides is 1. The molecule has 0 radical (unpaired) electrons. The Morgan fingerprint density at radius 1 is 1.06 bits per heavy atom. The minimum atomic E-state index is -0.392. The third-order valence-electron chi connectivity index (χ3n) is 7.24. The van der Waals surface area contributed by atoms with Crippen LogP contribution in [0, 0.1) is 0 Å². The standard InChI is InChI=1S/C29H31N3O2/c1-19(25-16-22(10-11-28(25)34-2)20-6-4-3-5-7-20)26-18-24(12-14-31-26)32-15-13-21-8-9-23(29(30)33)17-27(21)32/h3-11,13,15-17,19,24,26,31H,12,14,18H2,1-2H3,(H2,30,33). The number of nitrogens with one attached hydrogen (secondary N) is 1. The van der Waals surface area contributed by atoms with E-state index in [4.69, 9.17) is 10.5 Å². The van der Waals surface area contributed by atoms with E-state index in [0.29, 0.717) is 17.6 Å². The van der Waals surface area contributed by atoms with Crippen molar-refractivity contribution in [1.82, 2.24) is 9.88 Å². The first kappa shape index (κ1) is 22.2. The lowest BCUT2D eigenvalue weighted by molar-refractivity contribution is 0.100. The normalized spacial score (nSPS) is 19.1. The summed E-state index contributed by atoms with van der Waals surface area (Å²) in [5, 5.41) is 4.88. The number of nitrogens with zero attached hydrogens (tertiary/aromatic N) is 1. The van der Waals surface area contributed by atoms with Crippen LogP contribution in [0.5, 0.6) is 5.75 Å². The van der Waals surface area contributed by atoms with Crippen LogP contribution in [0.2, 0.25) is 0 Å². The van der Waals surface area contributed by atoms with Gasteiger partial charge in [0.1, 0.15) is 5.75 Å². The van der Waals surface area contributed by atoms with Crippen LogP contribution < -0.4 is 15.8 Å². The van der Waals surface area contributed by atoms with Gasteiger partial charge in [0, 0.05) is 35.3 Å². The van der Waals surface area contributed by atoms with Gasteiger partial charge in [-0.05, 0) is 71.8 Å². The van der Waals surface area contributed by atoms with Gasteiger partial charge in [0.05, 0.1) is 7.11 Å². The first-order chi connectivity index (χ1) is 16.5. The highest BCUT2D eigenvalue weighted by Gasteiger charge is 2.29. The number of nitrogens with two attached hydrogens (primary N) is 1. The van der Waals surface area contributed by atoms with E-state index in [1.165, 1.54) is 16.7 Å². The molecule has 3 aromatic carbocycles. The summed E-state index contributed by atoms with van der Waals surface area (Å²) in [7, 11) is 1.74. The number of piperidine rings is 1. The maximum absolute atomic E-state index is 11.7. The molecule has 3 unspecified atom stereocenters. The van der Waals surface area contributed by atoms with Crippen molar-refractivity contribution in [3.05, 3.63) is 90.1 Å². The minimum absolute atomic E-state index is 0.268. The van der Waals surface area contributed by atoms with Gasteiger partial charge in [-0.1, -0.05) is 49.4 Å². The summed E-state index contributed by atoms with van der Waals surface area (Å²) in [4.78, 5) is 11.7. The number of ether oxygens (including phenoxy) is 1. The predicted molar refractivity (Wildman–Crippen MR) is 137 cm³/mol. The second kappa shape index (κ2) is 9.35. The van der Waals surface area contributed by atoms with Gasteiger partial charge in [0.25, 0.3) is 0 Å². The Bertz CT molecular complexity index is 1310. The summed E-state index contributed by atoms with van der Waals surface area (Å²) in [5.41, 5.74) is 10.8. The number of hydrogen-bond acceptors (Lipinski definition) is 3. The zero-order valence-corrected chi connectivity index (χ0v) is 19.7. The summed E-state index contributed by atoms with van der Waals surface area (Å²) < 4.78 is 8.08. The first-order valence-corrected chi connectivity index (χ1v) is 11.9. The van der Waals surface area contributed by atoms with Crippen molar-refractivity contribution < 1.29 is 9.53 Å². The second-order valence-corrected chi connectivity index (χ2v) is 9.21. The molecule has 5 heteroatoms. The van der Waals surface area contributed by atoms with Crippen molar-refractivity contribution in [2.24, 2.45) is 5.73 Å². The molecular formula is C29H31N3O2. The number of hydrogen-bond donors (Lipinski definition) is 2. The molecule has 4 aromatic rings. The van der Waals surface area contributed by atoms with E-state index in [0.717, 1.165) is 36.0 Å². The molecule has 0 saturated carbocycles. The SMILES string of the molecule is COc1ccc(-c2ccccc2)cc1C(C)C1CC(n2ccc3ccc(C(N)=O)cc32)CCN1. The van der Waals surface area contributed by atoms with Crippen LogP contribution in [0.25, 0.3) is 22.0 Å². The molecular weight excluding hydrogens is 422 g/mol. The van der Waals surface area contributed by atoms with Gasteiger partial charge in [0.15, 0.2) is 0 Å². The lowest BCUT2D eigenvalue weighted by Crippen LogP contribution is -2.42. The number of carbonyl (C=O) groups excluding carboxylic acids is 1. The Labute approximate surface area is 200 Å². The molecule has 1 aliphatic rings. The van der Waals surface area contributed by atoms with E-state index >= 15 is 0 Å². The Morgan fingerprint density at radius 3 is 2.65 bits per heavy atom. The van der Waals surface area contributed by atoms with Crippen LogP contribution in [0.3, 0.4) is 0 Å². The average molecular weight is 454 g/mol. The molecule has 5 rings (SSSR count). The van der Waals surface area contributed by atoms with Crippen LogP contribution in [0.15, 0.2) is 79.0 Å². The molecule has 1 aromatic heterocycles. The third kappa shape index (κ3) is 4.19. The smallest absolute Gasteiger partial charge is 0.248 e. The van der Waals surface area contributed by atoms with Crippen LogP contribution in [-0.2, 0) is 0 Å². The molecule has 0 spiro atoms. The van der Waals surface area contributed by atoms with Gasteiger partial charge in [-0.25, -0.2) is 0 Å². The van der Waals surface area contributed by atoms with Gasteiger partial charge in [-0.3, -0.25) is 4.79 Å². The van der Waals surface area contributed by atoms with Crippen molar-refractivity contribution in [2.45, 2.75) is 37.8 Å². The van der Waals surface area contributed by atoms with Gasteiger partial charge >= 0.3 is 0 Å². The molecule has 5 nitrogen and oxygen atoms in total. The molecule has 0 bridgehead atoms. The number of methoxy groups -OCH3 is 1. The quantitative estimate of drug-likeness (QED) is 0.404. The van der Waals surface area contributed by atoms with Crippen molar-refractivity contribution in [3.63, 3.8) is 0 Å². The van der Waals surface area contributed by atoms with Gasteiger partial charge in [0.2, 0.25) is 5.91 Å². The lowest BCUT2D eigenvalue weighted by atomic mass is 9.84. The highest BCUT2D eigenvalue weighted by atomic mass is 16.5. The molecule has 34 heavy (non-hydrogen) atoms. The molecule has 3 atom stereocenters. The molecule has 2 heterocycles. The van der Waals surface area contributed by atoms with Crippen molar-refractivity contribution >= 4 is 16.8 Å². The molecule has 1 aliphatic heterocycles. The highest BCUT2D eigenvalue weighted by molar-refractivity contribution is 5.97. The number of carbonyl (C=O) groups is 1. The van der Waals surface area contributed by atoms with E-state index in [1.54, 1.807) is 13.2 Å². The Hall–Kier alpha value is -3.57. The van der Waals surface area contributed by atoms with Crippen LogP contribution in [-0.4, -0.2) is 30.2 Å². The van der Waals surface area contributed by atoms with Gasteiger partial charge < -0.3 is 20.4 Å². The maximum Gasteiger partial charge on any atom is 0.248 e. The topological polar surface area (TPSA) is 69.3 Å². The molecule has 174 valence electrons. The van der Waals surface area contributed by atoms with Crippen LogP contribution >= 0.6 is 0 Å². The summed E-state index contributed by atoms with van der Waals surface area (Å²) in [5.74, 6) is 0.801. The Balaban J connectivity index is 1.44. The number of benzene rings is 3. The molecule has 1 fully saturated rings. The first-order valence-electron chi connectivity index (χ1n) is 11.9. The average Bonchev–Trinajstić information content (AvgIpc) is 3.32. The van der Waals surface area contributed by atoms with Crippen molar-refractivity contribution in [2.75, 3.05) is 13.7 Å². The monoisotopic (exact) mass is 453 g/mol. The van der Waals surface area contributed by atoms with Crippen molar-refractivity contribution in [1.29, 1.82) is 0 Å². The largest absolute Gasteiger partial charge is 0.496 e. The lowest BCUT2D eigenvalue weighted by Gasteiger charge is -2.36. The highest BCUT2D eigenvalue weighted by Crippen LogP contribution is 2.37. The number of rotatable bonds is 6. The zero-order chi connectivity index (χ0) is 23.7. The summed E-state index contributed by atoms with van der Waals surface area (Å²) in [6.45, 7) is 3.22. The third-order valence-corrected chi connectivity index (χ3v) is 7.24. The van der Waals surface area contributed by atoms with E-state index in [1.807, 2.05) is 18.2 Å². The summed E-state index contributed by atoms with van der Waals surface area (Å²) in [6.07, 6.45) is 4.17. The predicted octanol–water partition coefficient (Wildman–Crippen LogP) is 5.51. The fraction of sp³-hybridized carbons (Fsp3) is 0.276. The second-order valence-electron chi connectivity index (χ2n) is 9.21. The minimum Gasteiger partial charge on any atom is -0.496 e. The molecule has 1 saturated heterocycles. The van der Waals surface area contributed by atoms with E-state index in [-0.39, 0.29) is 5.92 Å². The Morgan fingerprint density at radius 2 is 1.88 bits per heavy atom. The number of aromatic nitrogens is 1. The molecule has 1 amide bonds. The summed E-state index contributed by atoms with van der Waals surface area (Å²) in [6, 6.07) is 25.4. The number of amides is 1. The van der Waals surface area contributed by atoms with E-state index < -0.39 is 5.91 Å². The van der Waals surface area contributed by atoms with Crippen LogP contribution in [0.1, 0.15) is 47.6 Å². The molecule has 0 aliphatic carbocycles. The fourth-order valence-electron chi connectivity index (χ4n) is 5.30. The molecule has 3 N–H and O–H groups in total. The van der Waals surface area contributed by atoms with Crippen LogP contribution in [0.4, 0.5) is 0 Å². The van der Waals surface area contributed by atoms with Gasteiger partial charge in [-0.15, -0.1) is 0 Å². The zero-order valence-electron chi connectivity index (χ0n) is 19.7.